The van der Waals surface area contributed by atoms with Crippen LogP contribution in [0, 0.1) is 6.92 Å². The smallest absolute Gasteiger partial charge is 0.265 e. The molecule has 2 aromatic carbocycles. The van der Waals surface area contributed by atoms with Crippen LogP contribution >= 0.6 is 0 Å². The topological polar surface area (TPSA) is 80.8 Å². The lowest BCUT2D eigenvalue weighted by atomic mass is 10.2. The Morgan fingerprint density at radius 2 is 2.10 bits per heavy atom. The Hall–Kier alpha value is -3.87. The van der Waals surface area contributed by atoms with E-state index >= 15 is 0 Å². The molecule has 0 saturated heterocycles. The number of nitrogens with zero attached hydrogens (tertiary/aromatic N) is 2. The van der Waals surface area contributed by atoms with Gasteiger partial charge in [0, 0.05) is 24.6 Å². The normalized spacial score (nSPS) is 12.7. The molecule has 7 heteroatoms. The molecule has 0 aliphatic carbocycles. The van der Waals surface area contributed by atoms with Crippen molar-refractivity contribution in [2.24, 2.45) is 0 Å². The Bertz CT molecular complexity index is 1090. The van der Waals surface area contributed by atoms with Gasteiger partial charge < -0.3 is 19.7 Å². The predicted octanol–water partition coefficient (Wildman–Crippen LogP) is 3.84. The summed E-state index contributed by atoms with van der Waals surface area (Å²) in [7, 11) is 0. The number of hydrogen-bond acceptors (Lipinski definition) is 5. The fourth-order valence-electron chi connectivity index (χ4n) is 3.34. The second kappa shape index (κ2) is 9.30. The third-order valence-electron chi connectivity index (χ3n) is 4.87. The van der Waals surface area contributed by atoms with Crippen molar-refractivity contribution in [3.8, 4) is 11.5 Å². The van der Waals surface area contributed by atoms with Gasteiger partial charge in [0.1, 0.15) is 11.5 Å². The number of aryl methyl sites for hydroxylation is 1. The maximum Gasteiger partial charge on any atom is 0.265 e. The van der Waals surface area contributed by atoms with Crippen molar-refractivity contribution in [3.05, 3.63) is 78.1 Å². The van der Waals surface area contributed by atoms with Crippen molar-refractivity contribution in [2.75, 3.05) is 30.0 Å². The first-order chi connectivity index (χ1) is 15.1. The average molecular weight is 417 g/mol. The molecular weight excluding hydrogens is 394 g/mol. The first kappa shape index (κ1) is 20.4. The van der Waals surface area contributed by atoms with Crippen molar-refractivity contribution in [2.45, 2.75) is 13.3 Å². The molecule has 1 aromatic heterocycles. The Kier molecular flexibility index (Phi) is 6.12. The van der Waals surface area contributed by atoms with Gasteiger partial charge in [-0.2, -0.15) is 0 Å². The average Bonchev–Trinajstić information content (AvgIpc) is 2.78. The molecule has 3 aromatic rings. The number of benzene rings is 2. The van der Waals surface area contributed by atoms with Crippen molar-refractivity contribution in [3.63, 3.8) is 0 Å². The van der Waals surface area contributed by atoms with Crippen molar-refractivity contribution >= 4 is 23.2 Å². The van der Waals surface area contributed by atoms with Crippen LogP contribution in [-0.4, -0.2) is 36.6 Å². The SMILES string of the molecule is Cc1cccc(OCCCN2C(=O)COc3ccc(NC(=O)c4cccnc4)cc32)c1. The van der Waals surface area contributed by atoms with Crippen LogP contribution in [0.5, 0.6) is 11.5 Å². The molecule has 1 aliphatic heterocycles. The summed E-state index contributed by atoms with van der Waals surface area (Å²) in [5.74, 6) is 1.03. The summed E-state index contributed by atoms with van der Waals surface area (Å²) in [4.78, 5) is 30.5. The Balaban J connectivity index is 1.42. The van der Waals surface area contributed by atoms with E-state index in [-0.39, 0.29) is 18.4 Å². The highest BCUT2D eigenvalue weighted by Gasteiger charge is 2.25. The summed E-state index contributed by atoms with van der Waals surface area (Å²) in [6, 6.07) is 16.5. The molecule has 0 radical (unpaired) electrons. The van der Waals surface area contributed by atoms with Gasteiger partial charge in [0.05, 0.1) is 17.9 Å². The van der Waals surface area contributed by atoms with E-state index in [2.05, 4.69) is 10.3 Å². The van der Waals surface area contributed by atoms with Crippen molar-refractivity contribution in [1.29, 1.82) is 0 Å². The Morgan fingerprint density at radius 3 is 2.90 bits per heavy atom. The lowest BCUT2D eigenvalue weighted by Crippen LogP contribution is -2.39. The van der Waals surface area contributed by atoms with Gasteiger partial charge in [0.15, 0.2) is 6.61 Å². The predicted molar refractivity (Wildman–Crippen MR) is 118 cm³/mol. The number of aromatic nitrogens is 1. The van der Waals surface area contributed by atoms with Gasteiger partial charge in [-0.05, 0) is 61.4 Å². The van der Waals surface area contributed by atoms with Crippen LogP contribution in [0.2, 0.25) is 0 Å². The van der Waals surface area contributed by atoms with Crippen LogP contribution in [0.15, 0.2) is 67.0 Å². The molecule has 0 unspecified atom stereocenters. The molecule has 1 N–H and O–H groups in total. The lowest BCUT2D eigenvalue weighted by molar-refractivity contribution is -0.121. The van der Waals surface area contributed by atoms with Gasteiger partial charge in [-0.15, -0.1) is 0 Å². The number of amides is 2. The summed E-state index contributed by atoms with van der Waals surface area (Å²) in [5.41, 5.74) is 2.80. The highest BCUT2D eigenvalue weighted by atomic mass is 16.5. The first-order valence-corrected chi connectivity index (χ1v) is 10.1. The molecule has 2 heterocycles. The van der Waals surface area contributed by atoms with E-state index in [1.807, 2.05) is 31.2 Å². The summed E-state index contributed by atoms with van der Waals surface area (Å²) < 4.78 is 11.3. The third kappa shape index (κ3) is 5.01. The number of pyridine rings is 1. The molecular formula is C24H23N3O4. The van der Waals surface area contributed by atoms with Crippen molar-refractivity contribution < 1.29 is 19.1 Å². The van der Waals surface area contributed by atoms with E-state index in [1.54, 1.807) is 41.4 Å². The van der Waals surface area contributed by atoms with Gasteiger partial charge in [0.25, 0.3) is 11.8 Å². The van der Waals surface area contributed by atoms with Gasteiger partial charge in [-0.25, -0.2) is 0 Å². The number of carbonyl (C=O) groups excluding carboxylic acids is 2. The number of carbonyl (C=O) groups is 2. The molecule has 4 rings (SSSR count). The number of rotatable bonds is 7. The number of anilines is 2. The maximum absolute atomic E-state index is 12.5. The minimum atomic E-state index is -0.269. The summed E-state index contributed by atoms with van der Waals surface area (Å²) in [6.07, 6.45) is 3.77. The number of ether oxygens (including phenoxy) is 2. The number of fused-ring (bicyclic) bond motifs is 1. The molecule has 0 atom stereocenters. The molecule has 158 valence electrons. The highest BCUT2D eigenvalue weighted by Crippen LogP contribution is 2.34. The second-order valence-corrected chi connectivity index (χ2v) is 7.23. The number of nitrogens with one attached hydrogen (secondary N) is 1. The lowest BCUT2D eigenvalue weighted by Gasteiger charge is -2.30. The molecule has 1 aliphatic rings. The van der Waals surface area contributed by atoms with Crippen LogP contribution in [0.4, 0.5) is 11.4 Å². The van der Waals surface area contributed by atoms with E-state index < -0.39 is 0 Å². The van der Waals surface area contributed by atoms with Gasteiger partial charge in [-0.3, -0.25) is 14.6 Å². The van der Waals surface area contributed by atoms with Crippen LogP contribution in [0.1, 0.15) is 22.3 Å². The molecule has 31 heavy (non-hydrogen) atoms. The van der Waals surface area contributed by atoms with Gasteiger partial charge in [0.2, 0.25) is 0 Å². The molecule has 0 spiro atoms. The molecule has 7 nitrogen and oxygen atoms in total. The van der Waals surface area contributed by atoms with Crippen molar-refractivity contribution in [1.82, 2.24) is 4.98 Å². The van der Waals surface area contributed by atoms with E-state index in [9.17, 15) is 9.59 Å². The van der Waals surface area contributed by atoms with E-state index in [4.69, 9.17) is 9.47 Å². The third-order valence-corrected chi connectivity index (χ3v) is 4.87. The fraction of sp³-hybridized carbons (Fsp3) is 0.208. The monoisotopic (exact) mass is 417 g/mol. The van der Waals surface area contributed by atoms with Crippen LogP contribution in [0.3, 0.4) is 0 Å². The zero-order valence-corrected chi connectivity index (χ0v) is 17.2. The Labute approximate surface area is 180 Å². The summed E-state index contributed by atoms with van der Waals surface area (Å²) in [5, 5.41) is 2.84. The molecule has 0 fully saturated rings. The van der Waals surface area contributed by atoms with Crippen LogP contribution < -0.4 is 19.7 Å². The van der Waals surface area contributed by atoms with Crippen LogP contribution in [-0.2, 0) is 4.79 Å². The minimum absolute atomic E-state index is 0.00682. The van der Waals surface area contributed by atoms with Gasteiger partial charge in [-0.1, -0.05) is 12.1 Å². The molecule has 0 bridgehead atoms. The maximum atomic E-state index is 12.5. The van der Waals surface area contributed by atoms with Gasteiger partial charge >= 0.3 is 0 Å². The Morgan fingerprint density at radius 1 is 1.19 bits per heavy atom. The van der Waals surface area contributed by atoms with E-state index in [1.165, 1.54) is 6.20 Å². The summed E-state index contributed by atoms with van der Waals surface area (Å²) >= 11 is 0. The molecule has 0 saturated carbocycles. The summed E-state index contributed by atoms with van der Waals surface area (Å²) in [6.45, 7) is 2.98. The highest BCUT2D eigenvalue weighted by molar-refractivity contribution is 6.05. The van der Waals surface area contributed by atoms with E-state index in [0.717, 1.165) is 11.3 Å². The zero-order chi connectivity index (χ0) is 21.6. The van der Waals surface area contributed by atoms with Crippen LogP contribution in [0.25, 0.3) is 0 Å². The first-order valence-electron chi connectivity index (χ1n) is 10.1. The fourth-order valence-corrected chi connectivity index (χ4v) is 3.34. The molecule has 2 amide bonds. The van der Waals surface area contributed by atoms with E-state index in [0.29, 0.717) is 42.3 Å². The largest absolute Gasteiger partial charge is 0.494 e. The second-order valence-electron chi connectivity index (χ2n) is 7.23. The zero-order valence-electron chi connectivity index (χ0n) is 17.2. The minimum Gasteiger partial charge on any atom is -0.494 e. The standard InChI is InChI=1S/C24H23N3O4/c1-17-5-2-7-20(13-17)30-12-4-11-27-21-14-19(8-9-22(21)31-16-23(27)28)26-24(29)18-6-3-10-25-15-18/h2-3,5-10,13-15H,4,11-12,16H2,1H3,(H,26,29). The number of hydrogen-bond donors (Lipinski definition) is 1. The quantitative estimate of drug-likeness (QED) is 0.591.